The molecule has 0 aromatic carbocycles. The predicted molar refractivity (Wildman–Crippen MR) is 78.9 cm³/mol. The van der Waals surface area contributed by atoms with E-state index in [9.17, 15) is 0 Å². The summed E-state index contributed by atoms with van der Waals surface area (Å²) < 4.78 is 1.12. The number of hydrogen-bond acceptors (Lipinski definition) is 3. The van der Waals surface area contributed by atoms with Crippen LogP contribution >= 0.6 is 27.3 Å². The van der Waals surface area contributed by atoms with E-state index in [1.54, 1.807) is 11.3 Å². The molecule has 2 aromatic heterocycles. The van der Waals surface area contributed by atoms with Crippen molar-refractivity contribution < 1.29 is 0 Å². The van der Waals surface area contributed by atoms with Crippen LogP contribution in [-0.4, -0.2) is 4.98 Å². The van der Waals surface area contributed by atoms with Gasteiger partial charge in [-0.05, 0) is 52.9 Å². The summed E-state index contributed by atoms with van der Waals surface area (Å²) in [6.07, 6.45) is 5.37. The molecule has 0 saturated carbocycles. The summed E-state index contributed by atoms with van der Waals surface area (Å²) in [6, 6.07) is 6.40. The lowest BCUT2D eigenvalue weighted by Gasteiger charge is -2.28. The van der Waals surface area contributed by atoms with Gasteiger partial charge in [-0.3, -0.25) is 4.98 Å². The first-order valence-electron chi connectivity index (χ1n) is 6.19. The third kappa shape index (κ3) is 2.25. The zero-order chi connectivity index (χ0) is 12.5. The summed E-state index contributed by atoms with van der Waals surface area (Å²) in [7, 11) is 0. The Balaban J connectivity index is 1.94. The van der Waals surface area contributed by atoms with E-state index in [2.05, 4.69) is 38.4 Å². The average molecular weight is 323 g/mol. The summed E-state index contributed by atoms with van der Waals surface area (Å²) in [5.74, 6) is 0.362. The molecule has 2 nitrogen and oxygen atoms in total. The summed E-state index contributed by atoms with van der Waals surface area (Å²) in [5, 5.41) is 2.09. The van der Waals surface area contributed by atoms with Gasteiger partial charge in [0.1, 0.15) is 0 Å². The highest BCUT2D eigenvalue weighted by molar-refractivity contribution is 9.10. The van der Waals surface area contributed by atoms with Gasteiger partial charge in [0.25, 0.3) is 0 Å². The Labute approximate surface area is 119 Å². The van der Waals surface area contributed by atoms with Crippen molar-refractivity contribution in [3.63, 3.8) is 0 Å². The quantitative estimate of drug-likeness (QED) is 0.906. The molecule has 2 unspecified atom stereocenters. The molecular formula is C14H15BrN2S. The van der Waals surface area contributed by atoms with Crippen molar-refractivity contribution in [3.8, 4) is 0 Å². The molecule has 2 heterocycles. The van der Waals surface area contributed by atoms with Crippen LogP contribution in [0.3, 0.4) is 0 Å². The van der Waals surface area contributed by atoms with E-state index in [1.165, 1.54) is 22.6 Å². The monoisotopic (exact) mass is 322 g/mol. The smallest absolute Gasteiger partial charge is 0.0485 e. The SMILES string of the molecule is NC(c1cc(Br)cs1)C1CCCc2cccnc21. The van der Waals surface area contributed by atoms with Gasteiger partial charge in [0.2, 0.25) is 0 Å². The van der Waals surface area contributed by atoms with Gasteiger partial charge < -0.3 is 5.73 Å². The third-order valence-electron chi connectivity index (χ3n) is 3.59. The normalized spacial score (nSPS) is 20.4. The molecule has 18 heavy (non-hydrogen) atoms. The van der Waals surface area contributed by atoms with E-state index >= 15 is 0 Å². The Morgan fingerprint density at radius 1 is 1.50 bits per heavy atom. The second-order valence-electron chi connectivity index (χ2n) is 4.74. The fourth-order valence-electron chi connectivity index (χ4n) is 2.70. The van der Waals surface area contributed by atoms with Crippen molar-refractivity contribution in [1.82, 2.24) is 4.98 Å². The van der Waals surface area contributed by atoms with Crippen molar-refractivity contribution >= 4 is 27.3 Å². The first-order valence-corrected chi connectivity index (χ1v) is 7.86. The summed E-state index contributed by atoms with van der Waals surface area (Å²) in [6.45, 7) is 0. The zero-order valence-electron chi connectivity index (χ0n) is 9.97. The minimum absolute atomic E-state index is 0.0650. The van der Waals surface area contributed by atoms with Crippen LogP contribution in [0.2, 0.25) is 0 Å². The first-order chi connectivity index (χ1) is 8.75. The van der Waals surface area contributed by atoms with Crippen LogP contribution in [0.5, 0.6) is 0 Å². The van der Waals surface area contributed by atoms with Gasteiger partial charge in [0.15, 0.2) is 0 Å². The second kappa shape index (κ2) is 5.11. The highest BCUT2D eigenvalue weighted by Gasteiger charge is 2.28. The van der Waals surface area contributed by atoms with Crippen LogP contribution in [0.1, 0.15) is 40.9 Å². The van der Waals surface area contributed by atoms with Crippen LogP contribution < -0.4 is 5.73 Å². The molecule has 2 N–H and O–H groups in total. The van der Waals surface area contributed by atoms with Crippen molar-refractivity contribution in [3.05, 3.63) is 50.4 Å². The highest BCUT2D eigenvalue weighted by atomic mass is 79.9. The minimum Gasteiger partial charge on any atom is -0.323 e. The third-order valence-corrected chi connectivity index (χ3v) is 5.38. The van der Waals surface area contributed by atoms with Crippen LogP contribution in [0, 0.1) is 0 Å². The number of hydrogen-bond donors (Lipinski definition) is 1. The number of fused-ring (bicyclic) bond motifs is 1. The van der Waals surface area contributed by atoms with Crippen LogP contribution in [0.15, 0.2) is 34.2 Å². The fraction of sp³-hybridized carbons (Fsp3) is 0.357. The number of halogens is 1. The van der Waals surface area contributed by atoms with Gasteiger partial charge in [0, 0.05) is 38.6 Å². The van der Waals surface area contributed by atoms with Crippen LogP contribution in [-0.2, 0) is 6.42 Å². The molecule has 0 fully saturated rings. The fourth-order valence-corrected chi connectivity index (χ4v) is 4.21. The first kappa shape index (κ1) is 12.3. The largest absolute Gasteiger partial charge is 0.323 e. The van der Waals surface area contributed by atoms with Crippen molar-refractivity contribution in [2.75, 3.05) is 0 Å². The Bertz CT molecular complexity index is 552. The maximum atomic E-state index is 6.45. The lowest BCUT2D eigenvalue weighted by Crippen LogP contribution is -2.23. The maximum absolute atomic E-state index is 6.45. The molecule has 0 bridgehead atoms. The van der Waals surface area contributed by atoms with E-state index in [0.29, 0.717) is 5.92 Å². The molecule has 0 radical (unpaired) electrons. The number of nitrogens with two attached hydrogens (primary N) is 1. The minimum atomic E-state index is 0.0650. The van der Waals surface area contributed by atoms with Gasteiger partial charge in [0.05, 0.1) is 0 Å². The van der Waals surface area contributed by atoms with Gasteiger partial charge in [-0.15, -0.1) is 11.3 Å². The van der Waals surface area contributed by atoms with E-state index in [1.807, 2.05) is 12.3 Å². The molecule has 0 amide bonds. The second-order valence-corrected chi connectivity index (χ2v) is 6.60. The number of nitrogens with zero attached hydrogens (tertiary/aromatic N) is 1. The standard InChI is InChI=1S/C14H15BrN2S/c15-10-7-12(18-8-10)13(16)11-5-1-3-9-4-2-6-17-14(9)11/h2,4,6-8,11,13H,1,3,5,16H2. The summed E-state index contributed by atoms with van der Waals surface area (Å²) >= 11 is 5.22. The molecule has 2 aromatic rings. The van der Waals surface area contributed by atoms with Gasteiger partial charge in [-0.1, -0.05) is 6.07 Å². The lowest BCUT2D eigenvalue weighted by molar-refractivity contribution is 0.467. The predicted octanol–water partition coefficient (Wildman–Crippen LogP) is 4.03. The Morgan fingerprint density at radius 2 is 2.39 bits per heavy atom. The molecule has 4 heteroatoms. The molecule has 1 aliphatic rings. The number of thiophene rings is 1. The maximum Gasteiger partial charge on any atom is 0.0485 e. The van der Waals surface area contributed by atoms with Gasteiger partial charge in [-0.25, -0.2) is 0 Å². The highest BCUT2D eigenvalue weighted by Crippen LogP contribution is 2.40. The molecule has 94 valence electrons. The summed E-state index contributed by atoms with van der Waals surface area (Å²) in [4.78, 5) is 5.81. The van der Waals surface area contributed by atoms with Crippen LogP contribution in [0.25, 0.3) is 0 Å². The number of pyridine rings is 1. The van der Waals surface area contributed by atoms with E-state index in [0.717, 1.165) is 17.3 Å². The van der Waals surface area contributed by atoms with Crippen LogP contribution in [0.4, 0.5) is 0 Å². The molecule has 0 aliphatic heterocycles. The molecule has 1 aliphatic carbocycles. The Kier molecular flexibility index (Phi) is 3.50. The van der Waals surface area contributed by atoms with Crippen molar-refractivity contribution in [2.45, 2.75) is 31.2 Å². The lowest BCUT2D eigenvalue weighted by atomic mass is 9.82. The molecule has 3 rings (SSSR count). The Hall–Kier alpha value is -0.710. The van der Waals surface area contributed by atoms with Crippen molar-refractivity contribution in [2.24, 2.45) is 5.73 Å². The number of aromatic nitrogens is 1. The van der Waals surface area contributed by atoms with Gasteiger partial charge in [-0.2, -0.15) is 0 Å². The molecule has 2 atom stereocenters. The molecular weight excluding hydrogens is 308 g/mol. The molecule has 0 saturated heterocycles. The Morgan fingerprint density at radius 3 is 3.17 bits per heavy atom. The number of aryl methyl sites for hydroxylation is 1. The summed E-state index contributed by atoms with van der Waals surface area (Å²) in [5.41, 5.74) is 9.03. The van der Waals surface area contributed by atoms with E-state index in [4.69, 9.17) is 5.73 Å². The van der Waals surface area contributed by atoms with Gasteiger partial charge >= 0.3 is 0 Å². The average Bonchev–Trinajstić information content (AvgIpc) is 2.84. The van der Waals surface area contributed by atoms with Crippen molar-refractivity contribution in [1.29, 1.82) is 0 Å². The number of rotatable bonds is 2. The molecule has 0 spiro atoms. The van der Waals surface area contributed by atoms with E-state index in [-0.39, 0.29) is 6.04 Å². The topological polar surface area (TPSA) is 38.9 Å². The van der Waals surface area contributed by atoms with E-state index < -0.39 is 0 Å². The zero-order valence-corrected chi connectivity index (χ0v) is 12.4.